The maximum atomic E-state index is 12.9. The summed E-state index contributed by atoms with van der Waals surface area (Å²) in [5.41, 5.74) is -0.0506. The number of aliphatic hydroxyl groups is 1. The smallest absolute Gasteiger partial charge is 0.253 e. The van der Waals surface area contributed by atoms with Gasteiger partial charge < -0.3 is 10.0 Å². The van der Waals surface area contributed by atoms with E-state index in [9.17, 15) is 14.3 Å². The zero-order valence-corrected chi connectivity index (χ0v) is 11.5. The van der Waals surface area contributed by atoms with Gasteiger partial charge in [0, 0.05) is 24.6 Å². The van der Waals surface area contributed by atoms with E-state index in [1.54, 1.807) is 4.90 Å². The Hall–Kier alpha value is -1.42. The first-order valence-corrected chi connectivity index (χ1v) is 7.36. The second kappa shape index (κ2) is 5.17. The summed E-state index contributed by atoms with van der Waals surface area (Å²) in [5.74, 6) is -0.200. The van der Waals surface area contributed by atoms with E-state index in [-0.39, 0.29) is 17.6 Å². The molecule has 1 N–H and O–H groups in total. The van der Waals surface area contributed by atoms with Crippen molar-refractivity contribution < 1.29 is 14.3 Å². The summed E-state index contributed by atoms with van der Waals surface area (Å²) in [4.78, 5) is 14.2. The van der Waals surface area contributed by atoms with Crippen LogP contribution < -0.4 is 0 Å². The summed E-state index contributed by atoms with van der Waals surface area (Å²) in [6.07, 6.45) is 4.72. The van der Waals surface area contributed by atoms with Gasteiger partial charge in [0.2, 0.25) is 0 Å². The maximum absolute atomic E-state index is 12.9. The van der Waals surface area contributed by atoms with Gasteiger partial charge in [0.05, 0.1) is 5.60 Å². The first kappa shape index (κ1) is 13.6. The highest BCUT2D eigenvalue weighted by Crippen LogP contribution is 2.39. The van der Waals surface area contributed by atoms with Crippen molar-refractivity contribution in [3.63, 3.8) is 0 Å². The van der Waals surface area contributed by atoms with E-state index in [4.69, 9.17) is 0 Å². The van der Waals surface area contributed by atoms with Crippen LogP contribution in [0.1, 0.15) is 42.5 Å². The van der Waals surface area contributed by atoms with E-state index in [1.165, 1.54) is 24.3 Å². The Labute approximate surface area is 118 Å². The van der Waals surface area contributed by atoms with Crippen LogP contribution in [0.4, 0.5) is 4.39 Å². The molecular formula is C16H20FNO2. The van der Waals surface area contributed by atoms with Crippen LogP contribution in [0, 0.1) is 11.7 Å². The standard InChI is InChI=1S/C16H20FNO2/c17-14-6-4-12(5-7-14)15(19)18-10-9-16(20)8-2-1-3-13(16)11-18/h4-7,13,20H,1-3,8-11H2. The minimum atomic E-state index is -0.572. The number of fused-ring (bicyclic) bond motifs is 1. The zero-order valence-electron chi connectivity index (χ0n) is 11.5. The Morgan fingerprint density at radius 1 is 1.25 bits per heavy atom. The largest absolute Gasteiger partial charge is 0.389 e. The van der Waals surface area contributed by atoms with Gasteiger partial charge in [-0.15, -0.1) is 0 Å². The van der Waals surface area contributed by atoms with E-state index >= 15 is 0 Å². The third kappa shape index (κ3) is 2.44. The van der Waals surface area contributed by atoms with Gasteiger partial charge in [-0.2, -0.15) is 0 Å². The van der Waals surface area contributed by atoms with Gasteiger partial charge in [-0.05, 0) is 43.5 Å². The predicted molar refractivity (Wildman–Crippen MR) is 73.8 cm³/mol. The first-order chi connectivity index (χ1) is 9.58. The number of carbonyl (C=O) groups is 1. The number of benzene rings is 1. The van der Waals surface area contributed by atoms with Gasteiger partial charge in [-0.3, -0.25) is 4.79 Å². The third-order valence-corrected chi connectivity index (χ3v) is 4.81. The van der Waals surface area contributed by atoms with Crippen LogP contribution in [0.15, 0.2) is 24.3 Å². The van der Waals surface area contributed by atoms with E-state index < -0.39 is 5.60 Å². The number of rotatable bonds is 1. The van der Waals surface area contributed by atoms with Crippen LogP contribution in [0.5, 0.6) is 0 Å². The number of halogens is 1. The molecule has 2 unspecified atom stereocenters. The van der Waals surface area contributed by atoms with Crippen molar-refractivity contribution >= 4 is 5.91 Å². The van der Waals surface area contributed by atoms with E-state index in [0.717, 1.165) is 25.7 Å². The van der Waals surface area contributed by atoms with E-state index in [1.807, 2.05) is 0 Å². The topological polar surface area (TPSA) is 40.5 Å². The van der Waals surface area contributed by atoms with Crippen molar-refractivity contribution in [3.05, 3.63) is 35.6 Å². The van der Waals surface area contributed by atoms with Crippen molar-refractivity contribution in [3.8, 4) is 0 Å². The van der Waals surface area contributed by atoms with Gasteiger partial charge in [0.1, 0.15) is 5.82 Å². The summed E-state index contributed by atoms with van der Waals surface area (Å²) >= 11 is 0. The molecule has 108 valence electrons. The van der Waals surface area contributed by atoms with E-state index in [2.05, 4.69) is 0 Å². The summed E-state index contributed by atoms with van der Waals surface area (Å²) in [6, 6.07) is 5.68. The molecule has 1 heterocycles. The molecule has 0 radical (unpaired) electrons. The Kier molecular flexibility index (Phi) is 3.50. The molecule has 2 atom stereocenters. The van der Waals surface area contributed by atoms with Crippen LogP contribution in [0.3, 0.4) is 0 Å². The fourth-order valence-electron chi connectivity index (χ4n) is 3.53. The van der Waals surface area contributed by atoms with Crippen molar-refractivity contribution in [2.45, 2.75) is 37.7 Å². The molecule has 1 aliphatic heterocycles. The highest BCUT2D eigenvalue weighted by molar-refractivity contribution is 5.94. The number of piperidine rings is 1. The van der Waals surface area contributed by atoms with Gasteiger partial charge in [0.25, 0.3) is 5.91 Å². The summed E-state index contributed by atoms with van der Waals surface area (Å²) in [7, 11) is 0. The fourth-order valence-corrected chi connectivity index (χ4v) is 3.53. The molecule has 1 aromatic rings. The number of nitrogens with zero attached hydrogens (tertiary/aromatic N) is 1. The maximum Gasteiger partial charge on any atom is 0.253 e. The van der Waals surface area contributed by atoms with Crippen molar-refractivity contribution in [2.75, 3.05) is 13.1 Å². The molecule has 3 rings (SSSR count). The molecule has 1 aromatic carbocycles. The van der Waals surface area contributed by atoms with Gasteiger partial charge >= 0.3 is 0 Å². The second-order valence-corrected chi connectivity index (χ2v) is 6.05. The molecule has 4 heteroatoms. The normalized spacial score (nSPS) is 29.9. The fraction of sp³-hybridized carbons (Fsp3) is 0.562. The number of hydrogen-bond donors (Lipinski definition) is 1. The number of hydrogen-bond acceptors (Lipinski definition) is 2. The van der Waals surface area contributed by atoms with E-state index in [0.29, 0.717) is 25.1 Å². The lowest BCUT2D eigenvalue weighted by Crippen LogP contribution is -2.54. The average molecular weight is 277 g/mol. The molecule has 3 nitrogen and oxygen atoms in total. The lowest BCUT2D eigenvalue weighted by Gasteiger charge is -2.47. The minimum absolute atomic E-state index is 0.0578. The molecule has 2 aliphatic rings. The lowest BCUT2D eigenvalue weighted by atomic mass is 9.71. The van der Waals surface area contributed by atoms with Crippen LogP contribution in [-0.4, -0.2) is 34.6 Å². The molecule has 1 aliphatic carbocycles. The molecule has 0 bridgehead atoms. The van der Waals surface area contributed by atoms with Gasteiger partial charge in [-0.1, -0.05) is 12.8 Å². The first-order valence-electron chi connectivity index (χ1n) is 7.36. The second-order valence-electron chi connectivity index (χ2n) is 6.05. The number of likely N-dealkylation sites (tertiary alicyclic amines) is 1. The zero-order chi connectivity index (χ0) is 14.2. The SMILES string of the molecule is O=C(c1ccc(F)cc1)N1CCC2(O)CCCCC2C1. The third-order valence-electron chi connectivity index (χ3n) is 4.81. The molecule has 0 spiro atoms. The molecule has 1 amide bonds. The quantitative estimate of drug-likeness (QED) is 0.857. The van der Waals surface area contributed by atoms with Gasteiger partial charge in [-0.25, -0.2) is 4.39 Å². The molecule has 1 saturated heterocycles. The van der Waals surface area contributed by atoms with Crippen molar-refractivity contribution in [1.29, 1.82) is 0 Å². The Morgan fingerprint density at radius 3 is 2.75 bits per heavy atom. The van der Waals surface area contributed by atoms with Crippen LogP contribution >= 0.6 is 0 Å². The van der Waals surface area contributed by atoms with Crippen molar-refractivity contribution in [2.24, 2.45) is 5.92 Å². The predicted octanol–water partition coefficient (Wildman–Crippen LogP) is 2.59. The highest BCUT2D eigenvalue weighted by Gasteiger charge is 2.43. The molecule has 0 aromatic heterocycles. The summed E-state index contributed by atoms with van der Waals surface area (Å²) in [5, 5.41) is 10.6. The average Bonchev–Trinajstić information content (AvgIpc) is 2.46. The number of amides is 1. The Balaban J connectivity index is 1.72. The van der Waals surface area contributed by atoms with Gasteiger partial charge in [0.15, 0.2) is 0 Å². The van der Waals surface area contributed by atoms with Crippen LogP contribution in [0.2, 0.25) is 0 Å². The van der Waals surface area contributed by atoms with Crippen LogP contribution in [0.25, 0.3) is 0 Å². The molecule has 2 fully saturated rings. The molecule has 20 heavy (non-hydrogen) atoms. The minimum Gasteiger partial charge on any atom is -0.389 e. The van der Waals surface area contributed by atoms with Crippen molar-refractivity contribution in [1.82, 2.24) is 4.90 Å². The Morgan fingerprint density at radius 2 is 2.00 bits per heavy atom. The highest BCUT2D eigenvalue weighted by atomic mass is 19.1. The van der Waals surface area contributed by atoms with Crippen LogP contribution in [-0.2, 0) is 0 Å². The summed E-state index contributed by atoms with van der Waals surface area (Å²) < 4.78 is 12.9. The Bertz CT molecular complexity index is 502. The summed E-state index contributed by atoms with van der Waals surface area (Å²) in [6.45, 7) is 1.20. The molecular weight excluding hydrogens is 257 g/mol. The monoisotopic (exact) mass is 277 g/mol. The number of carbonyl (C=O) groups excluding carboxylic acids is 1. The molecule has 1 saturated carbocycles. The lowest BCUT2D eigenvalue weighted by molar-refractivity contribution is -0.0886.